The fourth-order valence-electron chi connectivity index (χ4n) is 4.76. The number of rotatable bonds is 9. The van der Waals surface area contributed by atoms with Gasteiger partial charge in [0.25, 0.3) is 11.8 Å². The fraction of sp³-hybridized carbons (Fsp3) is 0.484. The molecule has 45 heavy (non-hydrogen) atoms. The number of amides is 3. The molecule has 0 saturated carbocycles. The molecule has 1 aliphatic rings. The van der Waals surface area contributed by atoms with Crippen molar-refractivity contribution >= 4 is 46.9 Å². The molecule has 3 rings (SSSR count). The zero-order chi connectivity index (χ0) is 33.9. The van der Waals surface area contributed by atoms with Gasteiger partial charge in [0.15, 0.2) is 11.6 Å². The van der Waals surface area contributed by atoms with Crippen LogP contribution >= 0.6 is 23.2 Å². The van der Waals surface area contributed by atoms with Crippen molar-refractivity contribution in [3.63, 3.8) is 0 Å². The number of nitrogens with zero attached hydrogens (tertiary/aromatic N) is 3. The molecule has 1 fully saturated rings. The molecule has 1 aliphatic heterocycles. The topological polar surface area (TPSA) is 122 Å². The second kappa shape index (κ2) is 14.2. The number of carbonyl (C=O) groups excluding carboxylic acids is 3. The SMILES string of the molecule is C=CCN(c1ncc(C(=O)NNC(=O)c2cc(F)c(OC[C@H]3[C@@H](C)OC(C)(C)N3C(=O)OC(C)(C)C)cc2Cl)cc1Cl)C(C)C. The Hall–Kier alpha value is -3.61. The van der Waals surface area contributed by atoms with Gasteiger partial charge in [-0.2, -0.15) is 0 Å². The summed E-state index contributed by atoms with van der Waals surface area (Å²) in [5.41, 5.74) is 2.55. The van der Waals surface area contributed by atoms with E-state index in [1.54, 1.807) is 47.6 Å². The summed E-state index contributed by atoms with van der Waals surface area (Å²) in [7, 11) is 0. The van der Waals surface area contributed by atoms with Gasteiger partial charge in [0.05, 0.1) is 33.3 Å². The Morgan fingerprint density at radius 3 is 2.40 bits per heavy atom. The molecule has 246 valence electrons. The summed E-state index contributed by atoms with van der Waals surface area (Å²) in [5.74, 6) is -2.22. The van der Waals surface area contributed by atoms with Crippen LogP contribution in [0.1, 0.15) is 76.1 Å². The Labute approximate surface area is 272 Å². The summed E-state index contributed by atoms with van der Waals surface area (Å²) in [6.07, 6.45) is 1.98. The highest BCUT2D eigenvalue weighted by Crippen LogP contribution is 2.35. The summed E-state index contributed by atoms with van der Waals surface area (Å²) in [6.45, 7) is 18.5. The van der Waals surface area contributed by atoms with Crippen molar-refractivity contribution < 1.29 is 33.0 Å². The maximum absolute atomic E-state index is 15.1. The molecular formula is C31H40Cl2FN5O6. The van der Waals surface area contributed by atoms with Gasteiger partial charge >= 0.3 is 6.09 Å². The molecule has 0 radical (unpaired) electrons. The number of nitrogens with one attached hydrogen (secondary N) is 2. The van der Waals surface area contributed by atoms with Crippen molar-refractivity contribution in [3.05, 3.63) is 64.0 Å². The summed E-state index contributed by atoms with van der Waals surface area (Å²) in [5, 5.41) is 0.102. The zero-order valence-electron chi connectivity index (χ0n) is 26.7. The molecule has 1 aromatic heterocycles. The molecule has 0 unspecified atom stereocenters. The number of carbonyl (C=O) groups is 3. The van der Waals surface area contributed by atoms with Crippen LogP contribution in [0.3, 0.4) is 0 Å². The van der Waals surface area contributed by atoms with E-state index in [1.165, 1.54) is 17.2 Å². The van der Waals surface area contributed by atoms with Crippen molar-refractivity contribution in [3.8, 4) is 5.75 Å². The third-order valence-corrected chi connectivity index (χ3v) is 7.38. The average molecular weight is 669 g/mol. The number of hydrogen-bond acceptors (Lipinski definition) is 8. The zero-order valence-corrected chi connectivity index (χ0v) is 28.2. The minimum atomic E-state index is -0.998. The number of ether oxygens (including phenoxy) is 3. The van der Waals surface area contributed by atoms with Gasteiger partial charge in [-0.3, -0.25) is 25.3 Å². The minimum Gasteiger partial charge on any atom is -0.488 e. The number of pyridine rings is 1. The first kappa shape index (κ1) is 35.9. The lowest BCUT2D eigenvalue weighted by Crippen LogP contribution is -2.52. The molecule has 11 nitrogen and oxygen atoms in total. The number of aromatic nitrogens is 1. The van der Waals surface area contributed by atoms with E-state index in [-0.39, 0.29) is 39.6 Å². The summed E-state index contributed by atoms with van der Waals surface area (Å²) in [4.78, 5) is 46.1. The highest BCUT2D eigenvalue weighted by molar-refractivity contribution is 6.34. The van der Waals surface area contributed by atoms with E-state index < -0.39 is 47.2 Å². The van der Waals surface area contributed by atoms with Crippen LogP contribution in [0, 0.1) is 5.82 Å². The summed E-state index contributed by atoms with van der Waals surface area (Å²) < 4.78 is 32.3. The maximum Gasteiger partial charge on any atom is 0.413 e. The molecule has 3 amide bonds. The fourth-order valence-corrected chi connectivity index (χ4v) is 5.28. The molecular weight excluding hydrogens is 628 g/mol. The minimum absolute atomic E-state index is 0.0771. The highest BCUT2D eigenvalue weighted by Gasteiger charge is 2.50. The second-order valence-corrected chi connectivity index (χ2v) is 13.0. The lowest BCUT2D eigenvalue weighted by Gasteiger charge is -2.35. The number of halogens is 3. The van der Waals surface area contributed by atoms with Gasteiger partial charge in [-0.05, 0) is 67.5 Å². The maximum atomic E-state index is 15.1. The van der Waals surface area contributed by atoms with Crippen LogP contribution in [0.4, 0.5) is 15.0 Å². The lowest BCUT2D eigenvalue weighted by atomic mass is 10.1. The molecule has 2 N–H and O–H groups in total. The molecule has 1 aromatic carbocycles. The first-order valence-corrected chi connectivity index (χ1v) is 15.1. The summed E-state index contributed by atoms with van der Waals surface area (Å²) in [6, 6.07) is 2.91. The number of anilines is 1. The predicted octanol–water partition coefficient (Wildman–Crippen LogP) is 6.14. The third-order valence-electron chi connectivity index (χ3n) is 6.79. The van der Waals surface area contributed by atoms with Gasteiger partial charge in [0.1, 0.15) is 23.8 Å². The summed E-state index contributed by atoms with van der Waals surface area (Å²) >= 11 is 12.7. The van der Waals surface area contributed by atoms with Crippen molar-refractivity contribution in [2.45, 2.75) is 84.9 Å². The van der Waals surface area contributed by atoms with Crippen molar-refractivity contribution in [1.82, 2.24) is 20.7 Å². The van der Waals surface area contributed by atoms with E-state index >= 15 is 4.39 Å². The third kappa shape index (κ3) is 8.77. The standard InChI is InChI=1S/C31H40Cl2FN5O6/c1-10-11-38(17(2)3)26-22(33)12-19(15-35-26)27(40)36-37-28(41)20-13-23(34)25(14-21(20)32)43-16-24-18(4)44-31(8,9)39(24)29(42)45-30(5,6)7/h10,12-15,17-18,24H,1,11,16H2,2-9H3,(H,36,40)(H,37,41)/t18-,24+/m1/s1. The van der Waals surface area contributed by atoms with Crippen LogP contribution < -0.4 is 20.5 Å². The predicted molar refractivity (Wildman–Crippen MR) is 170 cm³/mol. The average Bonchev–Trinajstić information content (AvgIpc) is 3.16. The van der Waals surface area contributed by atoms with E-state index in [0.717, 1.165) is 12.1 Å². The largest absolute Gasteiger partial charge is 0.488 e. The van der Waals surface area contributed by atoms with Gasteiger partial charge in [0, 0.05) is 24.8 Å². The van der Waals surface area contributed by atoms with Gasteiger partial charge < -0.3 is 19.1 Å². The van der Waals surface area contributed by atoms with E-state index in [0.29, 0.717) is 12.4 Å². The molecule has 0 bridgehead atoms. The number of hydrogen-bond donors (Lipinski definition) is 2. The Morgan fingerprint density at radius 1 is 1.18 bits per heavy atom. The second-order valence-electron chi connectivity index (χ2n) is 12.2. The van der Waals surface area contributed by atoms with Gasteiger partial charge in [-0.1, -0.05) is 29.3 Å². The molecule has 0 spiro atoms. The van der Waals surface area contributed by atoms with E-state index in [2.05, 4.69) is 22.4 Å². The Bertz CT molecular complexity index is 1450. The van der Waals surface area contributed by atoms with Crippen LogP contribution in [0.15, 0.2) is 37.1 Å². The molecule has 2 atom stereocenters. The van der Waals surface area contributed by atoms with Gasteiger partial charge in [-0.25, -0.2) is 14.2 Å². The van der Waals surface area contributed by atoms with Crippen molar-refractivity contribution in [2.75, 3.05) is 18.1 Å². The highest BCUT2D eigenvalue weighted by atomic mass is 35.5. The number of hydrazine groups is 1. The monoisotopic (exact) mass is 667 g/mol. The normalized spacial score (nSPS) is 17.6. The van der Waals surface area contributed by atoms with E-state index in [1.807, 2.05) is 18.7 Å². The molecule has 0 aliphatic carbocycles. The van der Waals surface area contributed by atoms with Crippen molar-refractivity contribution in [2.24, 2.45) is 0 Å². The Morgan fingerprint density at radius 2 is 1.82 bits per heavy atom. The van der Waals surface area contributed by atoms with Crippen molar-refractivity contribution in [1.29, 1.82) is 0 Å². The van der Waals surface area contributed by atoms with Crippen LogP contribution in [0.2, 0.25) is 10.0 Å². The van der Waals surface area contributed by atoms with Gasteiger partial charge in [0.2, 0.25) is 0 Å². The first-order chi connectivity index (χ1) is 20.9. The molecule has 1 saturated heterocycles. The van der Waals surface area contributed by atoms with Crippen LogP contribution in [-0.2, 0) is 9.47 Å². The molecule has 2 aromatic rings. The van der Waals surface area contributed by atoms with Gasteiger partial charge in [-0.15, -0.1) is 6.58 Å². The van der Waals surface area contributed by atoms with E-state index in [9.17, 15) is 14.4 Å². The van der Waals surface area contributed by atoms with Crippen LogP contribution in [-0.4, -0.2) is 70.5 Å². The Kier molecular flexibility index (Phi) is 11.3. The molecule has 14 heteroatoms. The van der Waals surface area contributed by atoms with E-state index in [4.69, 9.17) is 37.4 Å². The smallest absolute Gasteiger partial charge is 0.413 e. The van der Waals surface area contributed by atoms with Crippen LogP contribution in [0.5, 0.6) is 5.75 Å². The number of benzene rings is 1. The van der Waals surface area contributed by atoms with Crippen LogP contribution in [0.25, 0.3) is 0 Å². The Balaban J connectivity index is 1.68. The molecule has 2 heterocycles. The first-order valence-electron chi connectivity index (χ1n) is 14.3. The lowest BCUT2D eigenvalue weighted by molar-refractivity contribution is -0.0760. The quantitative estimate of drug-likeness (QED) is 0.241.